The lowest BCUT2D eigenvalue weighted by Crippen LogP contribution is -2.43. The zero-order valence-electron chi connectivity index (χ0n) is 13.3. The molecule has 22 heavy (non-hydrogen) atoms. The summed E-state index contributed by atoms with van der Waals surface area (Å²) in [5, 5.41) is 4.19. The Morgan fingerprint density at radius 1 is 0.955 bits per heavy atom. The van der Waals surface area contributed by atoms with Crippen molar-refractivity contribution in [1.82, 2.24) is 10.2 Å². The van der Waals surface area contributed by atoms with Crippen LogP contribution in [0.15, 0.2) is 60.7 Å². The van der Waals surface area contributed by atoms with Crippen molar-refractivity contribution in [3.8, 4) is 0 Å². The number of thiocarbonyl (C=S) groups is 1. The van der Waals surface area contributed by atoms with Crippen LogP contribution in [0.2, 0.25) is 0 Å². The fourth-order valence-electron chi connectivity index (χ4n) is 2.30. The molecular weight excluding hydrogens is 288 g/mol. The van der Waals surface area contributed by atoms with Gasteiger partial charge < -0.3 is 10.2 Å². The van der Waals surface area contributed by atoms with Crippen LogP contribution in [0, 0.1) is 0 Å². The Hall–Kier alpha value is -1.87. The second-order valence-electron chi connectivity index (χ2n) is 5.75. The third kappa shape index (κ3) is 5.49. The lowest BCUT2D eigenvalue weighted by molar-refractivity contribution is 0.405. The lowest BCUT2D eigenvalue weighted by atomic mass is 10.1. The Bertz CT molecular complexity index is 567. The predicted octanol–water partition coefficient (Wildman–Crippen LogP) is 4.01. The van der Waals surface area contributed by atoms with Gasteiger partial charge in [-0.25, -0.2) is 0 Å². The standard InChI is InChI=1S/C19H24N2S/c1-16(2)20-19(22)21(15-18-11-7-4-8-12-18)14-13-17-9-5-3-6-10-17/h3-12,16H,13-15H2,1-2H3,(H,20,22). The summed E-state index contributed by atoms with van der Waals surface area (Å²) < 4.78 is 0. The van der Waals surface area contributed by atoms with Crippen LogP contribution in [0.5, 0.6) is 0 Å². The van der Waals surface area contributed by atoms with Gasteiger partial charge >= 0.3 is 0 Å². The first-order valence-electron chi connectivity index (χ1n) is 7.78. The van der Waals surface area contributed by atoms with Gasteiger partial charge in [-0.05, 0) is 43.6 Å². The fraction of sp³-hybridized carbons (Fsp3) is 0.316. The third-order valence-corrected chi connectivity index (χ3v) is 3.80. The molecule has 0 saturated carbocycles. The molecule has 0 aliphatic carbocycles. The number of hydrogen-bond acceptors (Lipinski definition) is 1. The van der Waals surface area contributed by atoms with Crippen LogP contribution in [0.3, 0.4) is 0 Å². The van der Waals surface area contributed by atoms with Crippen LogP contribution < -0.4 is 5.32 Å². The van der Waals surface area contributed by atoms with Crippen molar-refractivity contribution in [3.05, 3.63) is 71.8 Å². The molecule has 0 radical (unpaired) electrons. The Balaban J connectivity index is 2.02. The van der Waals surface area contributed by atoms with Crippen molar-refractivity contribution >= 4 is 17.3 Å². The van der Waals surface area contributed by atoms with Crippen LogP contribution in [0.25, 0.3) is 0 Å². The molecule has 0 atom stereocenters. The summed E-state index contributed by atoms with van der Waals surface area (Å²) in [5.41, 5.74) is 2.62. The quantitative estimate of drug-likeness (QED) is 0.811. The molecule has 0 unspecified atom stereocenters. The molecule has 1 N–H and O–H groups in total. The van der Waals surface area contributed by atoms with E-state index in [1.165, 1.54) is 11.1 Å². The van der Waals surface area contributed by atoms with Crippen molar-refractivity contribution in [2.45, 2.75) is 32.9 Å². The normalized spacial score (nSPS) is 10.5. The average molecular weight is 312 g/mol. The highest BCUT2D eigenvalue weighted by Gasteiger charge is 2.11. The van der Waals surface area contributed by atoms with Gasteiger partial charge in [0.1, 0.15) is 0 Å². The van der Waals surface area contributed by atoms with Crippen LogP contribution in [0.1, 0.15) is 25.0 Å². The Kier molecular flexibility index (Phi) is 6.41. The van der Waals surface area contributed by atoms with E-state index in [0.29, 0.717) is 6.04 Å². The van der Waals surface area contributed by atoms with Gasteiger partial charge in [0.15, 0.2) is 5.11 Å². The van der Waals surface area contributed by atoms with Gasteiger partial charge in [-0.15, -0.1) is 0 Å². The number of nitrogens with one attached hydrogen (secondary N) is 1. The molecule has 2 aromatic carbocycles. The van der Waals surface area contributed by atoms with Gasteiger partial charge in [-0.2, -0.15) is 0 Å². The van der Waals surface area contributed by atoms with E-state index < -0.39 is 0 Å². The molecule has 0 amide bonds. The molecule has 116 valence electrons. The number of hydrogen-bond donors (Lipinski definition) is 1. The summed E-state index contributed by atoms with van der Waals surface area (Å²) in [6, 6.07) is 21.4. The molecule has 0 heterocycles. The van der Waals surface area contributed by atoms with Crippen molar-refractivity contribution in [1.29, 1.82) is 0 Å². The van der Waals surface area contributed by atoms with Crippen molar-refractivity contribution in [2.24, 2.45) is 0 Å². The highest BCUT2D eigenvalue weighted by atomic mass is 32.1. The van der Waals surface area contributed by atoms with E-state index >= 15 is 0 Å². The topological polar surface area (TPSA) is 15.3 Å². The number of rotatable bonds is 6. The van der Waals surface area contributed by atoms with Gasteiger partial charge in [0, 0.05) is 19.1 Å². The average Bonchev–Trinajstić information content (AvgIpc) is 2.52. The zero-order chi connectivity index (χ0) is 15.8. The highest BCUT2D eigenvalue weighted by Crippen LogP contribution is 2.08. The summed E-state index contributed by atoms with van der Waals surface area (Å²) in [6.07, 6.45) is 0.994. The lowest BCUT2D eigenvalue weighted by Gasteiger charge is -2.27. The van der Waals surface area contributed by atoms with Crippen molar-refractivity contribution in [3.63, 3.8) is 0 Å². The molecule has 0 spiro atoms. The summed E-state index contributed by atoms with van der Waals surface area (Å²) >= 11 is 5.58. The molecule has 0 saturated heterocycles. The van der Waals surface area contributed by atoms with E-state index in [4.69, 9.17) is 12.2 Å². The minimum Gasteiger partial charge on any atom is -0.360 e. The maximum Gasteiger partial charge on any atom is 0.169 e. The van der Waals surface area contributed by atoms with E-state index in [0.717, 1.165) is 24.6 Å². The molecule has 2 nitrogen and oxygen atoms in total. The summed E-state index contributed by atoms with van der Waals surface area (Å²) in [4.78, 5) is 2.25. The molecule has 0 aliphatic rings. The second kappa shape index (κ2) is 8.54. The fourth-order valence-corrected chi connectivity index (χ4v) is 2.69. The maximum absolute atomic E-state index is 5.58. The van der Waals surface area contributed by atoms with Crippen LogP contribution in [0.4, 0.5) is 0 Å². The first-order valence-corrected chi connectivity index (χ1v) is 8.19. The summed E-state index contributed by atoms with van der Waals surface area (Å²) in [7, 11) is 0. The molecule has 2 rings (SSSR count). The smallest absolute Gasteiger partial charge is 0.169 e. The van der Waals surface area contributed by atoms with Crippen LogP contribution >= 0.6 is 12.2 Å². The Morgan fingerprint density at radius 2 is 1.50 bits per heavy atom. The van der Waals surface area contributed by atoms with Crippen molar-refractivity contribution < 1.29 is 0 Å². The van der Waals surface area contributed by atoms with Crippen LogP contribution in [-0.4, -0.2) is 22.6 Å². The van der Waals surface area contributed by atoms with Gasteiger partial charge in [-0.3, -0.25) is 0 Å². The van der Waals surface area contributed by atoms with Gasteiger partial charge in [-0.1, -0.05) is 60.7 Å². The van der Waals surface area contributed by atoms with E-state index in [1.807, 2.05) is 6.07 Å². The van der Waals surface area contributed by atoms with Gasteiger partial charge in [0.05, 0.1) is 0 Å². The van der Waals surface area contributed by atoms with Crippen LogP contribution in [-0.2, 0) is 13.0 Å². The van der Waals surface area contributed by atoms with Crippen molar-refractivity contribution in [2.75, 3.05) is 6.54 Å². The van der Waals surface area contributed by atoms with E-state index in [2.05, 4.69) is 78.7 Å². The molecule has 2 aromatic rings. The minimum absolute atomic E-state index is 0.350. The zero-order valence-corrected chi connectivity index (χ0v) is 14.1. The predicted molar refractivity (Wildman–Crippen MR) is 97.9 cm³/mol. The first kappa shape index (κ1) is 16.5. The third-order valence-electron chi connectivity index (χ3n) is 3.43. The number of nitrogens with zero attached hydrogens (tertiary/aromatic N) is 1. The number of benzene rings is 2. The highest BCUT2D eigenvalue weighted by molar-refractivity contribution is 7.80. The van der Waals surface area contributed by atoms with E-state index in [1.54, 1.807) is 0 Å². The monoisotopic (exact) mass is 312 g/mol. The van der Waals surface area contributed by atoms with Gasteiger partial charge in [0.2, 0.25) is 0 Å². The Labute approximate surface area is 139 Å². The largest absolute Gasteiger partial charge is 0.360 e. The molecule has 0 fully saturated rings. The first-order chi connectivity index (χ1) is 10.6. The summed E-state index contributed by atoms with van der Waals surface area (Å²) in [6.45, 7) is 5.98. The Morgan fingerprint density at radius 3 is 2.05 bits per heavy atom. The van der Waals surface area contributed by atoms with Gasteiger partial charge in [0.25, 0.3) is 0 Å². The molecule has 0 aliphatic heterocycles. The van der Waals surface area contributed by atoms with E-state index in [-0.39, 0.29) is 0 Å². The van der Waals surface area contributed by atoms with E-state index in [9.17, 15) is 0 Å². The SMILES string of the molecule is CC(C)NC(=S)N(CCc1ccccc1)Cc1ccccc1. The molecule has 0 aromatic heterocycles. The molecule has 0 bridgehead atoms. The summed E-state index contributed by atoms with van der Waals surface area (Å²) in [5.74, 6) is 0. The molecule has 3 heteroatoms. The minimum atomic E-state index is 0.350. The maximum atomic E-state index is 5.58. The second-order valence-corrected chi connectivity index (χ2v) is 6.13. The molecular formula is C19H24N2S.